The van der Waals surface area contributed by atoms with E-state index in [1.807, 2.05) is 36.4 Å². The second-order valence-electron chi connectivity index (χ2n) is 6.50. The van der Waals surface area contributed by atoms with Gasteiger partial charge in [0.05, 0.1) is 16.8 Å². The van der Waals surface area contributed by atoms with Gasteiger partial charge in [-0.15, -0.1) is 0 Å². The van der Waals surface area contributed by atoms with Gasteiger partial charge in [-0.1, -0.05) is 18.2 Å². The maximum atomic E-state index is 12.8. The Morgan fingerprint density at radius 3 is 2.70 bits per heavy atom. The van der Waals surface area contributed by atoms with Gasteiger partial charge in [-0.25, -0.2) is 10.4 Å². The Hall–Kier alpha value is -3.41. The molecule has 134 valence electrons. The molecule has 0 atom stereocenters. The summed E-state index contributed by atoms with van der Waals surface area (Å²) < 4.78 is 0. The Labute approximate surface area is 156 Å². The quantitative estimate of drug-likeness (QED) is 0.726. The van der Waals surface area contributed by atoms with Gasteiger partial charge in [-0.3, -0.25) is 14.6 Å². The standard InChI is InChI=1S/C21H18N4O2/c26-16-5-3-4-15(12-16)24-25-21(27)18-13-20(14-8-10-22-11-9-14)23-19-7-2-1-6-17(18)19/h1-2,6-11,13H,3-5,12H2,(H,25,27)/b24-15-. The van der Waals surface area contributed by atoms with Crippen LogP contribution in [0.4, 0.5) is 0 Å². The van der Waals surface area contributed by atoms with Crippen molar-refractivity contribution in [1.82, 2.24) is 15.4 Å². The van der Waals surface area contributed by atoms with Gasteiger partial charge in [-0.2, -0.15) is 5.10 Å². The second-order valence-corrected chi connectivity index (χ2v) is 6.50. The molecule has 1 N–H and O–H groups in total. The molecule has 0 unspecified atom stereocenters. The number of nitrogens with one attached hydrogen (secondary N) is 1. The number of nitrogens with zero attached hydrogens (tertiary/aromatic N) is 3. The van der Waals surface area contributed by atoms with Crippen LogP contribution in [-0.2, 0) is 4.79 Å². The van der Waals surface area contributed by atoms with E-state index in [2.05, 4.69) is 20.5 Å². The van der Waals surface area contributed by atoms with Crippen molar-refractivity contribution in [3.63, 3.8) is 0 Å². The number of ketones is 1. The first-order valence-corrected chi connectivity index (χ1v) is 8.88. The van der Waals surface area contributed by atoms with Crippen LogP contribution in [0.2, 0.25) is 0 Å². The van der Waals surface area contributed by atoms with Gasteiger partial charge in [0.15, 0.2) is 0 Å². The molecule has 0 aliphatic heterocycles. The van der Waals surface area contributed by atoms with Gasteiger partial charge < -0.3 is 0 Å². The number of Topliss-reactive ketones (excluding diaryl/α,β-unsaturated/α-hetero) is 1. The summed E-state index contributed by atoms with van der Waals surface area (Å²) in [7, 11) is 0. The zero-order valence-electron chi connectivity index (χ0n) is 14.7. The minimum absolute atomic E-state index is 0.170. The first-order valence-electron chi connectivity index (χ1n) is 8.88. The summed E-state index contributed by atoms with van der Waals surface area (Å²) in [6.07, 6.45) is 5.83. The molecule has 6 heteroatoms. The molecule has 4 rings (SSSR count). The molecule has 2 aromatic heterocycles. The fraction of sp³-hybridized carbons (Fsp3) is 0.190. The second kappa shape index (κ2) is 7.45. The number of para-hydroxylation sites is 1. The number of hydrogen-bond donors (Lipinski definition) is 1. The number of hydrazone groups is 1. The van der Waals surface area contributed by atoms with E-state index in [0.717, 1.165) is 35.0 Å². The van der Waals surface area contributed by atoms with Crippen molar-refractivity contribution in [2.45, 2.75) is 25.7 Å². The third-order valence-electron chi connectivity index (χ3n) is 4.57. The first kappa shape index (κ1) is 17.0. The molecular formula is C21H18N4O2. The van der Waals surface area contributed by atoms with Gasteiger partial charge in [0.2, 0.25) is 0 Å². The smallest absolute Gasteiger partial charge is 0.272 e. The van der Waals surface area contributed by atoms with Gasteiger partial charge in [0.25, 0.3) is 5.91 Å². The number of rotatable bonds is 3. The van der Waals surface area contributed by atoms with Crippen molar-refractivity contribution in [1.29, 1.82) is 0 Å². The fourth-order valence-electron chi connectivity index (χ4n) is 3.21. The monoisotopic (exact) mass is 358 g/mol. The average Bonchev–Trinajstić information content (AvgIpc) is 2.72. The molecule has 1 amide bonds. The van der Waals surface area contributed by atoms with Gasteiger partial charge in [0.1, 0.15) is 5.78 Å². The van der Waals surface area contributed by atoms with Crippen LogP contribution in [-0.4, -0.2) is 27.4 Å². The van der Waals surface area contributed by atoms with Crippen LogP contribution in [0.3, 0.4) is 0 Å². The van der Waals surface area contributed by atoms with Gasteiger partial charge in [-0.05, 0) is 37.1 Å². The molecule has 1 fully saturated rings. The minimum atomic E-state index is -0.311. The molecule has 0 saturated heterocycles. The van der Waals surface area contributed by atoms with E-state index >= 15 is 0 Å². The van der Waals surface area contributed by atoms with Crippen molar-refractivity contribution in [3.05, 3.63) is 60.4 Å². The zero-order chi connectivity index (χ0) is 18.6. The third-order valence-corrected chi connectivity index (χ3v) is 4.57. The number of aromatic nitrogens is 2. The van der Waals surface area contributed by atoms with Gasteiger partial charge in [0, 0.05) is 41.9 Å². The highest BCUT2D eigenvalue weighted by Crippen LogP contribution is 2.24. The fourth-order valence-corrected chi connectivity index (χ4v) is 3.21. The molecule has 2 heterocycles. The first-order chi connectivity index (χ1) is 13.2. The number of pyridine rings is 2. The molecule has 1 saturated carbocycles. The zero-order valence-corrected chi connectivity index (χ0v) is 14.7. The SMILES string of the molecule is O=C1CCC/C(=N/NC(=O)c2cc(-c3ccncc3)nc3ccccc23)C1. The van der Waals surface area contributed by atoms with Gasteiger partial charge >= 0.3 is 0 Å². The molecule has 3 aromatic rings. The summed E-state index contributed by atoms with van der Waals surface area (Å²) in [4.78, 5) is 33.1. The van der Waals surface area contributed by atoms with Crippen molar-refractivity contribution in [3.8, 4) is 11.3 Å². The number of amides is 1. The van der Waals surface area contributed by atoms with Crippen LogP contribution in [0, 0.1) is 0 Å². The maximum absolute atomic E-state index is 12.8. The van der Waals surface area contributed by atoms with E-state index < -0.39 is 0 Å². The van der Waals surface area contributed by atoms with Crippen LogP contribution in [0.15, 0.2) is 60.0 Å². The molecular weight excluding hydrogens is 340 g/mol. The predicted molar refractivity (Wildman–Crippen MR) is 103 cm³/mol. The summed E-state index contributed by atoms with van der Waals surface area (Å²) in [5.74, 6) is -0.141. The van der Waals surface area contributed by atoms with Crippen LogP contribution in [0.5, 0.6) is 0 Å². The molecule has 27 heavy (non-hydrogen) atoms. The number of fused-ring (bicyclic) bond motifs is 1. The number of carbonyl (C=O) groups excluding carboxylic acids is 2. The lowest BCUT2D eigenvalue weighted by atomic mass is 9.97. The van der Waals surface area contributed by atoms with E-state index in [1.54, 1.807) is 18.5 Å². The lowest BCUT2D eigenvalue weighted by Gasteiger charge is -2.12. The average molecular weight is 358 g/mol. The number of carbonyl (C=O) groups is 2. The summed E-state index contributed by atoms with van der Waals surface area (Å²) in [6.45, 7) is 0. The predicted octanol–water partition coefficient (Wildman–Crippen LogP) is 3.53. The normalized spacial score (nSPS) is 15.9. The van der Waals surface area contributed by atoms with E-state index in [0.29, 0.717) is 24.1 Å². The molecule has 1 aliphatic carbocycles. The van der Waals surface area contributed by atoms with E-state index in [1.165, 1.54) is 0 Å². The Bertz CT molecular complexity index is 1040. The van der Waals surface area contributed by atoms with Crippen LogP contribution >= 0.6 is 0 Å². The van der Waals surface area contributed by atoms with Crippen molar-refractivity contribution in [2.24, 2.45) is 5.10 Å². The number of hydrogen-bond acceptors (Lipinski definition) is 5. The molecule has 0 radical (unpaired) electrons. The summed E-state index contributed by atoms with van der Waals surface area (Å²) >= 11 is 0. The third kappa shape index (κ3) is 3.74. The lowest BCUT2D eigenvalue weighted by molar-refractivity contribution is -0.118. The van der Waals surface area contributed by atoms with Crippen molar-refractivity contribution >= 4 is 28.3 Å². The molecule has 0 spiro atoms. The van der Waals surface area contributed by atoms with Crippen molar-refractivity contribution < 1.29 is 9.59 Å². The molecule has 6 nitrogen and oxygen atoms in total. The van der Waals surface area contributed by atoms with E-state index in [-0.39, 0.29) is 11.7 Å². The molecule has 0 bridgehead atoms. The lowest BCUT2D eigenvalue weighted by Crippen LogP contribution is -2.23. The summed E-state index contributed by atoms with van der Waals surface area (Å²) in [5, 5.41) is 4.94. The number of benzene rings is 1. The van der Waals surface area contributed by atoms with Crippen molar-refractivity contribution in [2.75, 3.05) is 0 Å². The highest BCUT2D eigenvalue weighted by atomic mass is 16.2. The minimum Gasteiger partial charge on any atom is -0.299 e. The summed E-state index contributed by atoms with van der Waals surface area (Å²) in [6, 6.07) is 13.0. The Kier molecular flexibility index (Phi) is 4.70. The van der Waals surface area contributed by atoms with E-state index in [9.17, 15) is 9.59 Å². The highest BCUT2D eigenvalue weighted by molar-refractivity contribution is 6.08. The van der Waals surface area contributed by atoms with Crippen LogP contribution < -0.4 is 5.43 Å². The highest BCUT2D eigenvalue weighted by Gasteiger charge is 2.17. The molecule has 1 aliphatic rings. The largest absolute Gasteiger partial charge is 0.299 e. The Morgan fingerprint density at radius 2 is 1.89 bits per heavy atom. The molecule has 1 aromatic carbocycles. The topological polar surface area (TPSA) is 84.3 Å². The summed E-state index contributed by atoms with van der Waals surface area (Å²) in [5.41, 5.74) is 6.16. The van der Waals surface area contributed by atoms with Crippen LogP contribution in [0.1, 0.15) is 36.0 Å². The van der Waals surface area contributed by atoms with E-state index in [4.69, 9.17) is 0 Å². The van der Waals surface area contributed by atoms with Crippen LogP contribution in [0.25, 0.3) is 22.2 Å². The Balaban J connectivity index is 1.70. The Morgan fingerprint density at radius 1 is 1.07 bits per heavy atom. The maximum Gasteiger partial charge on any atom is 0.272 e.